The van der Waals surface area contributed by atoms with Crippen LogP contribution in [0.3, 0.4) is 0 Å². The zero-order valence-corrected chi connectivity index (χ0v) is 14.4. The Morgan fingerprint density at radius 1 is 1.40 bits per heavy atom. The summed E-state index contributed by atoms with van der Waals surface area (Å²) in [5.74, 6) is 0.993. The predicted molar refractivity (Wildman–Crippen MR) is 88.4 cm³/mol. The van der Waals surface area contributed by atoms with Gasteiger partial charge in [-0.3, -0.25) is 9.20 Å². The lowest BCUT2D eigenvalue weighted by molar-refractivity contribution is -0.174. The molecule has 0 aliphatic heterocycles. The molecule has 2 aromatic heterocycles. The maximum atomic E-state index is 12.0. The maximum Gasteiger partial charge on any atom is 0.411 e. The predicted octanol–water partition coefficient (Wildman–Crippen LogP) is 2.61. The molecular formula is C15H19F3N4O2S. The first-order chi connectivity index (χ1) is 11.9. The van der Waals surface area contributed by atoms with Gasteiger partial charge in [0.25, 0.3) is 0 Å². The highest BCUT2D eigenvalue weighted by Gasteiger charge is 2.27. The molecule has 25 heavy (non-hydrogen) atoms. The van der Waals surface area contributed by atoms with Crippen LogP contribution in [0.25, 0.3) is 5.65 Å². The van der Waals surface area contributed by atoms with E-state index >= 15 is 0 Å². The van der Waals surface area contributed by atoms with Crippen LogP contribution in [0, 0.1) is 0 Å². The lowest BCUT2D eigenvalue weighted by Gasteiger charge is -2.17. The van der Waals surface area contributed by atoms with E-state index in [9.17, 15) is 18.0 Å². The van der Waals surface area contributed by atoms with Crippen LogP contribution in [0.4, 0.5) is 13.2 Å². The van der Waals surface area contributed by atoms with Crippen LogP contribution in [0.2, 0.25) is 0 Å². The van der Waals surface area contributed by atoms with Crippen LogP contribution in [-0.2, 0) is 9.53 Å². The summed E-state index contributed by atoms with van der Waals surface area (Å²) in [6, 6.07) is 5.09. The largest absolute Gasteiger partial charge is 0.411 e. The minimum atomic E-state index is -4.39. The molecule has 1 N–H and O–H groups in total. The topological polar surface area (TPSA) is 68.5 Å². The van der Waals surface area contributed by atoms with E-state index in [1.165, 1.54) is 0 Å². The highest BCUT2D eigenvalue weighted by molar-refractivity contribution is 7.98. The van der Waals surface area contributed by atoms with Crippen molar-refractivity contribution in [2.45, 2.75) is 25.1 Å². The summed E-state index contributed by atoms with van der Waals surface area (Å²) in [7, 11) is 0. The molecule has 10 heteroatoms. The summed E-state index contributed by atoms with van der Waals surface area (Å²) in [5, 5.41) is 11.0. The standard InChI is InChI=1S/C15H19F3N4O2S/c1-25-9-6-11(14-21-20-12-4-2-3-7-22(12)14)19-13(23)5-8-24-10-15(16,17)18/h2-4,7,11H,5-6,8-10H2,1H3,(H,19,23). The third kappa shape index (κ3) is 6.20. The Kier molecular flexibility index (Phi) is 7.06. The molecule has 2 heterocycles. The quantitative estimate of drug-likeness (QED) is 0.682. The number of hydrogen-bond acceptors (Lipinski definition) is 5. The van der Waals surface area contributed by atoms with Crippen LogP contribution < -0.4 is 5.32 Å². The molecule has 1 atom stereocenters. The second-order valence-electron chi connectivity index (χ2n) is 5.31. The molecule has 0 aliphatic carbocycles. The Morgan fingerprint density at radius 2 is 2.20 bits per heavy atom. The van der Waals surface area contributed by atoms with Gasteiger partial charge in [-0.1, -0.05) is 6.07 Å². The smallest absolute Gasteiger partial charge is 0.372 e. The number of carbonyl (C=O) groups is 1. The molecule has 1 amide bonds. The first kappa shape index (κ1) is 19.5. The van der Waals surface area contributed by atoms with E-state index < -0.39 is 12.8 Å². The Hall–Kier alpha value is -1.81. The third-order valence-corrected chi connectivity index (χ3v) is 3.98. The van der Waals surface area contributed by atoms with E-state index in [1.807, 2.05) is 18.4 Å². The first-order valence-electron chi connectivity index (χ1n) is 7.63. The number of amides is 1. The average Bonchev–Trinajstić information content (AvgIpc) is 2.98. The molecule has 2 aromatic rings. The molecule has 0 saturated carbocycles. The Balaban J connectivity index is 1.97. The fourth-order valence-electron chi connectivity index (χ4n) is 2.22. The van der Waals surface area contributed by atoms with Gasteiger partial charge in [-0.25, -0.2) is 0 Å². The van der Waals surface area contributed by atoms with Crippen molar-refractivity contribution in [3.8, 4) is 0 Å². The van der Waals surface area contributed by atoms with Gasteiger partial charge in [0.05, 0.1) is 12.6 Å². The number of nitrogens with one attached hydrogen (secondary N) is 1. The van der Waals surface area contributed by atoms with Crippen molar-refractivity contribution in [3.63, 3.8) is 0 Å². The van der Waals surface area contributed by atoms with Crippen LogP contribution in [0.5, 0.6) is 0 Å². The van der Waals surface area contributed by atoms with E-state index in [4.69, 9.17) is 0 Å². The summed E-state index contributed by atoms with van der Waals surface area (Å²) in [4.78, 5) is 12.0. The van der Waals surface area contributed by atoms with Crippen molar-refractivity contribution >= 4 is 23.3 Å². The molecular weight excluding hydrogens is 357 g/mol. The summed E-state index contributed by atoms with van der Waals surface area (Å²) in [6.07, 6.45) is -0.159. The average molecular weight is 376 g/mol. The summed E-state index contributed by atoms with van der Waals surface area (Å²) < 4.78 is 42.3. The van der Waals surface area contributed by atoms with Gasteiger partial charge in [-0.05, 0) is 30.6 Å². The van der Waals surface area contributed by atoms with Crippen molar-refractivity contribution in [2.75, 3.05) is 25.2 Å². The second-order valence-corrected chi connectivity index (χ2v) is 6.29. The number of pyridine rings is 1. The molecule has 138 valence electrons. The fourth-order valence-corrected chi connectivity index (χ4v) is 2.69. The zero-order chi connectivity index (χ0) is 18.3. The highest BCUT2D eigenvalue weighted by Crippen LogP contribution is 2.18. The third-order valence-electron chi connectivity index (χ3n) is 3.34. The SMILES string of the molecule is CSCCC(NC(=O)CCOCC(F)(F)F)c1nnc2ccccn12. The Labute approximate surface area is 147 Å². The van der Waals surface area contributed by atoms with Crippen LogP contribution in [0.15, 0.2) is 24.4 Å². The van der Waals surface area contributed by atoms with E-state index in [1.54, 1.807) is 28.4 Å². The van der Waals surface area contributed by atoms with E-state index in [0.29, 0.717) is 17.9 Å². The van der Waals surface area contributed by atoms with Crippen molar-refractivity contribution < 1.29 is 22.7 Å². The fraction of sp³-hybridized carbons (Fsp3) is 0.533. The summed E-state index contributed by atoms with van der Waals surface area (Å²) >= 11 is 1.63. The lowest BCUT2D eigenvalue weighted by atomic mass is 10.2. The number of rotatable bonds is 9. The number of carbonyl (C=O) groups excluding carboxylic acids is 1. The normalized spacial score (nSPS) is 13.1. The van der Waals surface area contributed by atoms with E-state index in [2.05, 4.69) is 20.3 Å². The monoisotopic (exact) mass is 376 g/mol. The van der Waals surface area contributed by atoms with Crippen LogP contribution >= 0.6 is 11.8 Å². The highest BCUT2D eigenvalue weighted by atomic mass is 32.2. The summed E-state index contributed by atoms with van der Waals surface area (Å²) in [6.45, 7) is -1.65. The zero-order valence-electron chi connectivity index (χ0n) is 13.6. The van der Waals surface area contributed by atoms with Gasteiger partial charge < -0.3 is 10.1 Å². The second kappa shape index (κ2) is 9.04. The van der Waals surface area contributed by atoms with Gasteiger partial charge in [-0.2, -0.15) is 24.9 Å². The number of nitrogens with zero attached hydrogens (tertiary/aromatic N) is 3. The number of ether oxygens (including phenoxy) is 1. The number of fused-ring (bicyclic) bond motifs is 1. The first-order valence-corrected chi connectivity index (χ1v) is 9.02. The molecule has 0 radical (unpaired) electrons. The molecule has 2 rings (SSSR count). The lowest BCUT2D eigenvalue weighted by Crippen LogP contribution is -2.31. The van der Waals surface area contributed by atoms with Gasteiger partial charge in [0, 0.05) is 12.6 Å². The number of halogens is 3. The van der Waals surface area contributed by atoms with E-state index in [-0.39, 0.29) is 25.0 Å². The van der Waals surface area contributed by atoms with Crippen LogP contribution in [0.1, 0.15) is 24.7 Å². The van der Waals surface area contributed by atoms with Crippen molar-refractivity contribution in [1.29, 1.82) is 0 Å². The number of alkyl halides is 3. The number of thioether (sulfide) groups is 1. The Morgan fingerprint density at radius 3 is 2.92 bits per heavy atom. The van der Waals surface area contributed by atoms with Crippen molar-refractivity contribution in [3.05, 3.63) is 30.2 Å². The number of aromatic nitrogens is 3. The number of hydrogen-bond donors (Lipinski definition) is 1. The minimum absolute atomic E-state index is 0.150. The molecule has 1 unspecified atom stereocenters. The van der Waals surface area contributed by atoms with Gasteiger partial charge in [0.1, 0.15) is 6.61 Å². The molecule has 0 bridgehead atoms. The molecule has 0 saturated heterocycles. The van der Waals surface area contributed by atoms with Crippen molar-refractivity contribution in [2.24, 2.45) is 0 Å². The summed E-state index contributed by atoms with van der Waals surface area (Å²) in [5.41, 5.74) is 0.661. The molecule has 0 aromatic carbocycles. The van der Waals surface area contributed by atoms with Crippen LogP contribution in [-0.4, -0.2) is 51.9 Å². The van der Waals surface area contributed by atoms with Crippen molar-refractivity contribution in [1.82, 2.24) is 19.9 Å². The van der Waals surface area contributed by atoms with Gasteiger partial charge >= 0.3 is 6.18 Å². The van der Waals surface area contributed by atoms with E-state index in [0.717, 1.165) is 5.75 Å². The van der Waals surface area contributed by atoms with Gasteiger partial charge in [-0.15, -0.1) is 10.2 Å². The Bertz CT molecular complexity index is 693. The van der Waals surface area contributed by atoms with Gasteiger partial charge in [0.15, 0.2) is 11.5 Å². The molecule has 0 aliphatic rings. The van der Waals surface area contributed by atoms with Gasteiger partial charge in [0.2, 0.25) is 5.91 Å². The minimum Gasteiger partial charge on any atom is -0.372 e. The molecule has 6 nitrogen and oxygen atoms in total. The molecule has 0 fully saturated rings. The maximum absolute atomic E-state index is 12.0. The molecule has 0 spiro atoms.